The van der Waals surface area contributed by atoms with Crippen LogP contribution in [0.3, 0.4) is 0 Å². The molecule has 1 N–H and O–H groups in total. The Bertz CT molecular complexity index is 964. The molecule has 0 unspecified atom stereocenters. The number of rotatable bonds is 7. The van der Waals surface area contributed by atoms with Crippen molar-refractivity contribution in [2.75, 3.05) is 20.8 Å². The number of benzene rings is 3. The summed E-state index contributed by atoms with van der Waals surface area (Å²) in [5, 5.41) is 5.96. The highest BCUT2D eigenvalue weighted by atomic mass is 16.5. The van der Waals surface area contributed by atoms with Crippen LogP contribution in [0.15, 0.2) is 65.8 Å². The number of ether oxygens (including phenoxy) is 3. The van der Waals surface area contributed by atoms with Crippen molar-refractivity contribution in [3.8, 4) is 17.2 Å². The predicted octanol–water partition coefficient (Wildman–Crippen LogP) is 3.39. The normalized spacial score (nSPS) is 10.7. The van der Waals surface area contributed by atoms with Crippen molar-refractivity contribution in [1.82, 2.24) is 5.43 Å². The highest BCUT2D eigenvalue weighted by Crippen LogP contribution is 2.27. The molecular weight excluding hydrogens is 344 g/mol. The molecule has 6 nitrogen and oxygen atoms in total. The minimum Gasteiger partial charge on any atom is -0.493 e. The van der Waals surface area contributed by atoms with Gasteiger partial charge in [0.05, 0.1) is 20.4 Å². The lowest BCUT2D eigenvalue weighted by atomic mass is 10.1. The zero-order valence-electron chi connectivity index (χ0n) is 15.1. The van der Waals surface area contributed by atoms with Gasteiger partial charge in [-0.25, -0.2) is 5.43 Å². The summed E-state index contributed by atoms with van der Waals surface area (Å²) in [6, 6.07) is 18.9. The Morgan fingerprint density at radius 1 is 0.963 bits per heavy atom. The third-order valence-corrected chi connectivity index (χ3v) is 3.92. The summed E-state index contributed by atoms with van der Waals surface area (Å²) in [6.45, 7) is -0.128. The summed E-state index contributed by atoms with van der Waals surface area (Å²) < 4.78 is 16.0. The van der Waals surface area contributed by atoms with Crippen molar-refractivity contribution in [1.29, 1.82) is 0 Å². The Balaban J connectivity index is 1.57. The van der Waals surface area contributed by atoms with E-state index in [1.807, 2.05) is 48.5 Å². The fourth-order valence-corrected chi connectivity index (χ4v) is 2.61. The second kappa shape index (κ2) is 8.71. The van der Waals surface area contributed by atoms with Crippen molar-refractivity contribution in [2.24, 2.45) is 5.10 Å². The highest BCUT2D eigenvalue weighted by Gasteiger charge is 2.06. The Morgan fingerprint density at radius 2 is 1.74 bits per heavy atom. The maximum absolute atomic E-state index is 12.0. The van der Waals surface area contributed by atoms with E-state index in [-0.39, 0.29) is 12.5 Å². The molecule has 0 aliphatic heterocycles. The van der Waals surface area contributed by atoms with E-state index in [1.165, 1.54) is 6.21 Å². The Morgan fingerprint density at radius 3 is 2.56 bits per heavy atom. The van der Waals surface area contributed by atoms with Crippen LogP contribution in [0.2, 0.25) is 0 Å². The summed E-state index contributed by atoms with van der Waals surface area (Å²) in [6.07, 6.45) is 1.53. The van der Waals surface area contributed by atoms with E-state index < -0.39 is 0 Å². The minimum absolute atomic E-state index is 0.128. The van der Waals surface area contributed by atoms with Crippen LogP contribution in [0.5, 0.6) is 17.2 Å². The number of nitrogens with one attached hydrogen (secondary N) is 1. The standard InChI is InChI=1S/C21H20N2O4/c1-25-19-11-10-15(12-20(19)26-2)13-22-23-21(24)14-27-18-9-5-7-16-6-3-4-8-17(16)18/h3-13H,14H2,1-2H3,(H,23,24). The topological polar surface area (TPSA) is 69.2 Å². The molecule has 0 spiro atoms. The molecule has 138 valence electrons. The molecule has 0 aliphatic carbocycles. The van der Waals surface area contributed by atoms with Crippen LogP contribution in [-0.4, -0.2) is 32.9 Å². The number of nitrogens with zero attached hydrogens (tertiary/aromatic N) is 1. The van der Waals surface area contributed by atoms with E-state index >= 15 is 0 Å². The molecule has 1 amide bonds. The number of hydrazone groups is 1. The molecule has 3 aromatic rings. The minimum atomic E-state index is -0.348. The molecule has 0 saturated carbocycles. The summed E-state index contributed by atoms with van der Waals surface area (Å²) in [5.74, 6) is 1.53. The fraction of sp³-hybridized carbons (Fsp3) is 0.143. The van der Waals surface area contributed by atoms with Gasteiger partial charge in [0, 0.05) is 5.39 Å². The lowest BCUT2D eigenvalue weighted by Crippen LogP contribution is -2.24. The van der Waals surface area contributed by atoms with Gasteiger partial charge in [-0.1, -0.05) is 36.4 Å². The smallest absolute Gasteiger partial charge is 0.277 e. The molecular formula is C21H20N2O4. The summed E-state index contributed by atoms with van der Waals surface area (Å²) in [5.41, 5.74) is 3.22. The molecule has 0 fully saturated rings. The number of carbonyl (C=O) groups excluding carboxylic acids is 1. The number of fused-ring (bicyclic) bond motifs is 1. The van der Waals surface area contributed by atoms with E-state index in [9.17, 15) is 4.79 Å². The molecule has 0 saturated heterocycles. The number of hydrogen-bond donors (Lipinski definition) is 1. The number of methoxy groups -OCH3 is 2. The maximum atomic E-state index is 12.0. The summed E-state index contributed by atoms with van der Waals surface area (Å²) in [4.78, 5) is 12.0. The van der Waals surface area contributed by atoms with Gasteiger partial charge in [-0.05, 0) is 35.2 Å². The molecule has 6 heteroatoms. The van der Waals surface area contributed by atoms with Crippen LogP contribution < -0.4 is 19.6 Å². The van der Waals surface area contributed by atoms with E-state index in [4.69, 9.17) is 14.2 Å². The molecule has 3 aromatic carbocycles. The average Bonchev–Trinajstić information content (AvgIpc) is 2.72. The average molecular weight is 364 g/mol. The Hall–Kier alpha value is -3.54. The van der Waals surface area contributed by atoms with Gasteiger partial charge in [-0.2, -0.15) is 5.10 Å². The SMILES string of the molecule is COc1ccc(C=NNC(=O)COc2cccc3ccccc23)cc1OC. The molecule has 0 atom stereocenters. The van der Waals surface area contributed by atoms with Gasteiger partial charge in [-0.3, -0.25) is 4.79 Å². The van der Waals surface area contributed by atoms with Crippen LogP contribution in [0.1, 0.15) is 5.56 Å². The number of hydrogen-bond acceptors (Lipinski definition) is 5. The van der Waals surface area contributed by atoms with Crippen LogP contribution >= 0.6 is 0 Å². The van der Waals surface area contributed by atoms with E-state index in [1.54, 1.807) is 26.4 Å². The third kappa shape index (κ3) is 4.55. The van der Waals surface area contributed by atoms with Gasteiger partial charge in [0.15, 0.2) is 18.1 Å². The van der Waals surface area contributed by atoms with Crippen LogP contribution in [-0.2, 0) is 4.79 Å². The largest absolute Gasteiger partial charge is 0.493 e. The molecule has 0 radical (unpaired) electrons. The van der Waals surface area contributed by atoms with Gasteiger partial charge in [0.2, 0.25) is 0 Å². The van der Waals surface area contributed by atoms with E-state index in [2.05, 4.69) is 10.5 Å². The summed E-state index contributed by atoms with van der Waals surface area (Å²) in [7, 11) is 3.13. The maximum Gasteiger partial charge on any atom is 0.277 e. The van der Waals surface area contributed by atoms with Crippen molar-refractivity contribution in [3.05, 3.63) is 66.2 Å². The molecule has 0 bridgehead atoms. The van der Waals surface area contributed by atoms with Gasteiger partial charge in [-0.15, -0.1) is 0 Å². The quantitative estimate of drug-likeness (QED) is 0.515. The van der Waals surface area contributed by atoms with Gasteiger partial charge < -0.3 is 14.2 Å². The second-order valence-corrected chi connectivity index (χ2v) is 5.67. The van der Waals surface area contributed by atoms with Gasteiger partial charge in [0.1, 0.15) is 5.75 Å². The third-order valence-electron chi connectivity index (χ3n) is 3.92. The lowest BCUT2D eigenvalue weighted by molar-refractivity contribution is -0.123. The Labute approximate surface area is 157 Å². The number of carbonyl (C=O) groups is 1. The molecule has 0 aliphatic rings. The van der Waals surface area contributed by atoms with Crippen molar-refractivity contribution >= 4 is 22.9 Å². The molecule has 0 heterocycles. The van der Waals surface area contributed by atoms with Crippen LogP contribution in [0.4, 0.5) is 0 Å². The van der Waals surface area contributed by atoms with Crippen molar-refractivity contribution < 1.29 is 19.0 Å². The highest BCUT2D eigenvalue weighted by molar-refractivity contribution is 5.89. The molecule has 3 rings (SSSR count). The molecule has 0 aromatic heterocycles. The van der Waals surface area contributed by atoms with Crippen molar-refractivity contribution in [3.63, 3.8) is 0 Å². The van der Waals surface area contributed by atoms with Crippen LogP contribution in [0, 0.1) is 0 Å². The predicted molar refractivity (Wildman–Crippen MR) is 105 cm³/mol. The summed E-state index contributed by atoms with van der Waals surface area (Å²) >= 11 is 0. The van der Waals surface area contributed by atoms with E-state index in [0.717, 1.165) is 16.3 Å². The van der Waals surface area contributed by atoms with Crippen molar-refractivity contribution in [2.45, 2.75) is 0 Å². The first-order chi connectivity index (χ1) is 13.2. The number of amides is 1. The second-order valence-electron chi connectivity index (χ2n) is 5.67. The first-order valence-corrected chi connectivity index (χ1v) is 8.36. The monoisotopic (exact) mass is 364 g/mol. The first-order valence-electron chi connectivity index (χ1n) is 8.36. The Kier molecular flexibility index (Phi) is 5.89. The van der Waals surface area contributed by atoms with E-state index in [0.29, 0.717) is 17.2 Å². The fourth-order valence-electron chi connectivity index (χ4n) is 2.61. The zero-order chi connectivity index (χ0) is 19.1. The lowest BCUT2D eigenvalue weighted by Gasteiger charge is -2.08. The van der Waals surface area contributed by atoms with Crippen LogP contribution in [0.25, 0.3) is 10.8 Å². The molecule has 27 heavy (non-hydrogen) atoms. The van der Waals surface area contributed by atoms with Gasteiger partial charge in [0.25, 0.3) is 5.91 Å². The first kappa shape index (κ1) is 18.3. The van der Waals surface area contributed by atoms with Gasteiger partial charge >= 0.3 is 0 Å². The zero-order valence-corrected chi connectivity index (χ0v) is 15.1.